The number of rotatable bonds is 3. The number of hydrogen-bond donors (Lipinski definition) is 1. The van der Waals surface area contributed by atoms with Gasteiger partial charge < -0.3 is 10.5 Å². The van der Waals surface area contributed by atoms with Crippen molar-refractivity contribution in [3.05, 3.63) is 22.4 Å². The minimum absolute atomic E-state index is 0.257. The molecule has 0 saturated heterocycles. The van der Waals surface area contributed by atoms with Gasteiger partial charge in [-0.1, -0.05) is 26.8 Å². The summed E-state index contributed by atoms with van der Waals surface area (Å²) in [4.78, 5) is 12.6. The Morgan fingerprint density at radius 2 is 2.27 bits per heavy atom. The number of nitrogens with two attached hydrogens (primary N) is 1. The summed E-state index contributed by atoms with van der Waals surface area (Å²) in [7, 11) is 0. The van der Waals surface area contributed by atoms with Gasteiger partial charge in [-0.2, -0.15) is 0 Å². The second kappa shape index (κ2) is 4.77. The van der Waals surface area contributed by atoms with Gasteiger partial charge in [-0.25, -0.2) is 0 Å². The average Bonchev–Trinajstić information content (AvgIpc) is 2.63. The fraction of sp³-hybridized carbons (Fsp3) is 0.545. The molecule has 1 rings (SSSR count). The topological polar surface area (TPSA) is 52.3 Å². The molecule has 0 saturated carbocycles. The summed E-state index contributed by atoms with van der Waals surface area (Å²) >= 11 is 1.57. The van der Waals surface area contributed by atoms with Crippen molar-refractivity contribution in [2.24, 2.45) is 11.1 Å². The number of carbonyl (C=O) groups excluding carboxylic acids is 1. The smallest absolute Gasteiger partial charge is 0.323 e. The molecule has 1 aromatic rings. The molecule has 1 unspecified atom stereocenters. The highest BCUT2D eigenvalue weighted by atomic mass is 32.1. The molecule has 15 heavy (non-hydrogen) atoms. The van der Waals surface area contributed by atoms with E-state index < -0.39 is 6.04 Å². The molecular formula is C11H17NO2S. The summed E-state index contributed by atoms with van der Waals surface area (Å²) in [5.74, 6) is -0.337. The Hall–Kier alpha value is -0.870. The van der Waals surface area contributed by atoms with Crippen LogP contribution in [0, 0.1) is 5.41 Å². The standard InChI is InChI=1S/C11H17NO2S/c1-11(2,3)9(12)10(13)14-7-8-5-4-6-15-8/h4-6,9H,7,12H2,1-3H3. The Balaban J connectivity index is 2.43. The third kappa shape index (κ3) is 3.64. The molecule has 0 aliphatic rings. The number of ether oxygens (including phenoxy) is 1. The maximum Gasteiger partial charge on any atom is 0.323 e. The van der Waals surface area contributed by atoms with Crippen LogP contribution >= 0.6 is 11.3 Å². The second-order valence-corrected chi connectivity index (χ2v) is 5.56. The average molecular weight is 227 g/mol. The molecule has 4 heteroatoms. The highest BCUT2D eigenvalue weighted by molar-refractivity contribution is 7.09. The number of esters is 1. The van der Waals surface area contributed by atoms with Crippen LogP contribution in [0.5, 0.6) is 0 Å². The zero-order chi connectivity index (χ0) is 11.5. The van der Waals surface area contributed by atoms with Gasteiger partial charge in [-0.05, 0) is 16.9 Å². The first-order valence-electron chi connectivity index (χ1n) is 4.86. The summed E-state index contributed by atoms with van der Waals surface area (Å²) in [6.45, 7) is 6.08. The van der Waals surface area contributed by atoms with Crippen LogP contribution in [0.25, 0.3) is 0 Å². The van der Waals surface area contributed by atoms with Crippen molar-refractivity contribution in [3.63, 3.8) is 0 Å². The third-order valence-corrected chi connectivity index (χ3v) is 2.97. The summed E-state index contributed by atoms with van der Waals surface area (Å²) in [5, 5.41) is 1.95. The molecule has 1 heterocycles. The van der Waals surface area contributed by atoms with Crippen LogP contribution in [0.15, 0.2) is 17.5 Å². The molecule has 84 valence electrons. The molecule has 0 fully saturated rings. The highest BCUT2D eigenvalue weighted by Crippen LogP contribution is 2.19. The fourth-order valence-corrected chi connectivity index (χ4v) is 1.60. The first-order valence-corrected chi connectivity index (χ1v) is 5.74. The van der Waals surface area contributed by atoms with Crippen LogP contribution in [-0.4, -0.2) is 12.0 Å². The van der Waals surface area contributed by atoms with E-state index in [-0.39, 0.29) is 11.4 Å². The van der Waals surface area contributed by atoms with Crippen LogP contribution in [0.4, 0.5) is 0 Å². The second-order valence-electron chi connectivity index (χ2n) is 4.53. The lowest BCUT2D eigenvalue weighted by molar-refractivity contribution is -0.149. The zero-order valence-electron chi connectivity index (χ0n) is 9.32. The van der Waals surface area contributed by atoms with E-state index in [9.17, 15) is 4.79 Å². The number of thiophene rings is 1. The molecule has 1 atom stereocenters. The van der Waals surface area contributed by atoms with E-state index in [1.807, 2.05) is 38.3 Å². The van der Waals surface area contributed by atoms with E-state index in [4.69, 9.17) is 10.5 Å². The molecule has 1 aromatic heterocycles. The SMILES string of the molecule is CC(C)(C)C(N)C(=O)OCc1cccs1. The lowest BCUT2D eigenvalue weighted by Gasteiger charge is -2.24. The first kappa shape index (κ1) is 12.2. The summed E-state index contributed by atoms with van der Waals surface area (Å²) in [6.07, 6.45) is 0. The summed E-state index contributed by atoms with van der Waals surface area (Å²) < 4.78 is 5.12. The summed E-state index contributed by atoms with van der Waals surface area (Å²) in [6, 6.07) is 3.29. The lowest BCUT2D eigenvalue weighted by Crippen LogP contribution is -2.43. The van der Waals surface area contributed by atoms with Crippen molar-refractivity contribution in [2.75, 3.05) is 0 Å². The van der Waals surface area contributed by atoms with Crippen LogP contribution in [0.2, 0.25) is 0 Å². The van der Waals surface area contributed by atoms with Crippen molar-refractivity contribution < 1.29 is 9.53 Å². The molecule has 0 spiro atoms. The molecule has 0 radical (unpaired) electrons. The Bertz CT molecular complexity index is 314. The molecular weight excluding hydrogens is 210 g/mol. The van der Waals surface area contributed by atoms with Gasteiger partial charge in [0.15, 0.2) is 0 Å². The van der Waals surface area contributed by atoms with Crippen molar-refractivity contribution in [1.29, 1.82) is 0 Å². The van der Waals surface area contributed by atoms with Crippen molar-refractivity contribution in [3.8, 4) is 0 Å². The van der Waals surface area contributed by atoms with E-state index >= 15 is 0 Å². The first-order chi connectivity index (χ1) is 6.91. The van der Waals surface area contributed by atoms with Gasteiger partial charge in [0.1, 0.15) is 12.6 Å². The Morgan fingerprint density at radius 1 is 1.60 bits per heavy atom. The van der Waals surface area contributed by atoms with E-state index in [1.165, 1.54) is 0 Å². The lowest BCUT2D eigenvalue weighted by atomic mass is 9.87. The van der Waals surface area contributed by atoms with Gasteiger partial charge in [-0.3, -0.25) is 4.79 Å². The summed E-state index contributed by atoms with van der Waals surface area (Å²) in [5.41, 5.74) is 5.51. The van der Waals surface area contributed by atoms with Gasteiger partial charge >= 0.3 is 5.97 Å². The maximum atomic E-state index is 11.5. The van der Waals surface area contributed by atoms with E-state index in [0.29, 0.717) is 6.61 Å². The van der Waals surface area contributed by atoms with E-state index in [2.05, 4.69) is 0 Å². The largest absolute Gasteiger partial charge is 0.459 e. The predicted octanol–water partition coefficient (Wildman–Crippen LogP) is 2.16. The molecule has 0 bridgehead atoms. The Kier molecular flexibility index (Phi) is 3.88. The van der Waals surface area contributed by atoms with Gasteiger partial charge in [0, 0.05) is 4.88 Å². The number of hydrogen-bond acceptors (Lipinski definition) is 4. The maximum absolute atomic E-state index is 11.5. The van der Waals surface area contributed by atoms with Crippen LogP contribution in [0.1, 0.15) is 25.6 Å². The molecule has 0 aromatic carbocycles. The highest BCUT2D eigenvalue weighted by Gasteiger charge is 2.28. The number of carbonyl (C=O) groups is 1. The molecule has 2 N–H and O–H groups in total. The Morgan fingerprint density at radius 3 is 2.73 bits per heavy atom. The molecule has 3 nitrogen and oxygen atoms in total. The fourth-order valence-electron chi connectivity index (χ4n) is 0.980. The van der Waals surface area contributed by atoms with Crippen molar-refractivity contribution in [2.45, 2.75) is 33.4 Å². The van der Waals surface area contributed by atoms with Crippen molar-refractivity contribution >= 4 is 17.3 Å². The van der Waals surface area contributed by atoms with Gasteiger partial charge in [0.05, 0.1) is 0 Å². The van der Waals surface area contributed by atoms with Crippen LogP contribution < -0.4 is 5.73 Å². The van der Waals surface area contributed by atoms with Gasteiger partial charge in [0.25, 0.3) is 0 Å². The Labute approximate surface area is 94.2 Å². The molecule has 0 aliphatic heterocycles. The van der Waals surface area contributed by atoms with Gasteiger partial charge in [-0.15, -0.1) is 11.3 Å². The third-order valence-electron chi connectivity index (χ3n) is 2.12. The van der Waals surface area contributed by atoms with Crippen LogP contribution in [-0.2, 0) is 16.1 Å². The monoisotopic (exact) mass is 227 g/mol. The molecule has 0 aliphatic carbocycles. The normalized spacial score (nSPS) is 13.6. The predicted molar refractivity (Wildman–Crippen MR) is 61.5 cm³/mol. The minimum atomic E-state index is -0.572. The van der Waals surface area contributed by atoms with Crippen LogP contribution in [0.3, 0.4) is 0 Å². The quantitative estimate of drug-likeness (QED) is 0.805. The molecule has 0 amide bonds. The minimum Gasteiger partial charge on any atom is -0.459 e. The van der Waals surface area contributed by atoms with E-state index in [0.717, 1.165) is 4.88 Å². The van der Waals surface area contributed by atoms with Gasteiger partial charge in [0.2, 0.25) is 0 Å². The van der Waals surface area contributed by atoms with Crippen molar-refractivity contribution in [1.82, 2.24) is 0 Å². The zero-order valence-corrected chi connectivity index (χ0v) is 10.1. The van der Waals surface area contributed by atoms with E-state index in [1.54, 1.807) is 11.3 Å².